The first-order chi connectivity index (χ1) is 12.9. The van der Waals surface area contributed by atoms with Gasteiger partial charge in [-0.25, -0.2) is 13.2 Å². The van der Waals surface area contributed by atoms with Crippen molar-refractivity contribution in [1.29, 1.82) is 0 Å². The van der Waals surface area contributed by atoms with Crippen molar-refractivity contribution >= 4 is 27.4 Å². The lowest BCUT2D eigenvalue weighted by atomic mass is 10.2. The molecule has 0 aliphatic carbocycles. The van der Waals surface area contributed by atoms with E-state index in [0.717, 1.165) is 25.9 Å². The molecule has 8 heteroatoms. The second-order valence-electron chi connectivity index (χ2n) is 6.20. The monoisotopic (exact) mass is 390 g/mol. The van der Waals surface area contributed by atoms with Gasteiger partial charge in [-0.15, -0.1) is 0 Å². The van der Waals surface area contributed by atoms with E-state index in [0.29, 0.717) is 17.1 Å². The van der Waals surface area contributed by atoms with Gasteiger partial charge in [-0.1, -0.05) is 0 Å². The smallest absolute Gasteiger partial charge is 0.337 e. The van der Waals surface area contributed by atoms with Crippen LogP contribution >= 0.6 is 0 Å². The maximum atomic E-state index is 13.1. The molecule has 2 aromatic carbocycles. The number of methoxy groups -OCH3 is 2. The van der Waals surface area contributed by atoms with Crippen molar-refractivity contribution in [2.45, 2.75) is 17.7 Å². The van der Waals surface area contributed by atoms with Crippen LogP contribution in [0.4, 0.5) is 11.4 Å². The highest BCUT2D eigenvalue weighted by atomic mass is 32.2. The van der Waals surface area contributed by atoms with E-state index in [9.17, 15) is 13.2 Å². The fraction of sp³-hybridized carbons (Fsp3) is 0.316. The Hall–Kier alpha value is -2.74. The molecule has 3 rings (SSSR count). The summed E-state index contributed by atoms with van der Waals surface area (Å²) < 4.78 is 38.5. The lowest BCUT2D eigenvalue weighted by molar-refractivity contribution is 0.0600. The summed E-state index contributed by atoms with van der Waals surface area (Å²) in [5.74, 6) is 0.0484. The minimum absolute atomic E-state index is 0.0584. The molecular formula is C19H22N2O5S. The average Bonchev–Trinajstić information content (AvgIpc) is 3.22. The van der Waals surface area contributed by atoms with E-state index in [1.807, 2.05) is 4.90 Å². The first-order valence-corrected chi connectivity index (χ1v) is 10.1. The molecule has 1 saturated heterocycles. The highest BCUT2D eigenvalue weighted by Crippen LogP contribution is 2.31. The van der Waals surface area contributed by atoms with Crippen molar-refractivity contribution in [1.82, 2.24) is 0 Å². The van der Waals surface area contributed by atoms with Gasteiger partial charge >= 0.3 is 5.97 Å². The molecule has 0 radical (unpaired) electrons. The van der Waals surface area contributed by atoms with E-state index in [2.05, 4.69) is 4.72 Å². The second-order valence-corrected chi connectivity index (χ2v) is 7.85. The molecule has 0 unspecified atom stereocenters. The molecule has 0 aromatic heterocycles. The van der Waals surface area contributed by atoms with Gasteiger partial charge in [0.25, 0.3) is 10.0 Å². The van der Waals surface area contributed by atoms with Gasteiger partial charge in [-0.3, -0.25) is 4.72 Å². The van der Waals surface area contributed by atoms with E-state index >= 15 is 0 Å². The second kappa shape index (κ2) is 7.87. The quantitative estimate of drug-likeness (QED) is 0.764. The fourth-order valence-corrected chi connectivity index (χ4v) is 4.37. The van der Waals surface area contributed by atoms with Crippen LogP contribution in [0.25, 0.3) is 0 Å². The molecule has 7 nitrogen and oxygen atoms in total. The third-order valence-corrected chi connectivity index (χ3v) is 5.87. The third kappa shape index (κ3) is 4.16. The summed E-state index contributed by atoms with van der Waals surface area (Å²) in [4.78, 5) is 14.0. The van der Waals surface area contributed by atoms with Gasteiger partial charge in [0.2, 0.25) is 0 Å². The van der Waals surface area contributed by atoms with Gasteiger partial charge in [0, 0.05) is 18.8 Å². The molecule has 0 bridgehead atoms. The van der Waals surface area contributed by atoms with E-state index in [1.165, 1.54) is 13.2 Å². The number of nitrogens with zero attached hydrogens (tertiary/aromatic N) is 1. The molecule has 0 amide bonds. The molecule has 0 spiro atoms. The Balaban J connectivity index is 2.00. The summed E-state index contributed by atoms with van der Waals surface area (Å²) in [7, 11) is -1.10. The number of sulfonamides is 1. The lowest BCUT2D eigenvalue weighted by Crippen LogP contribution is -2.23. The first kappa shape index (κ1) is 19.0. The van der Waals surface area contributed by atoms with Gasteiger partial charge in [0.05, 0.1) is 25.5 Å². The topological polar surface area (TPSA) is 84.9 Å². The zero-order chi connectivity index (χ0) is 19.4. The molecule has 2 aromatic rings. The van der Waals surface area contributed by atoms with Crippen LogP contribution in [0.2, 0.25) is 0 Å². The Morgan fingerprint density at radius 2 is 1.70 bits per heavy atom. The Kier molecular flexibility index (Phi) is 5.55. The molecule has 1 aliphatic rings. The van der Waals surface area contributed by atoms with Crippen molar-refractivity contribution < 1.29 is 22.7 Å². The SMILES string of the molecule is COC(=O)c1ccc(N2CCCC2)c(S(=O)(=O)Nc2ccc(OC)cc2)c1. The van der Waals surface area contributed by atoms with E-state index in [1.54, 1.807) is 43.5 Å². The van der Waals surface area contributed by atoms with Crippen LogP contribution in [0.3, 0.4) is 0 Å². The maximum Gasteiger partial charge on any atom is 0.337 e. The van der Waals surface area contributed by atoms with Crippen molar-refractivity contribution in [3.63, 3.8) is 0 Å². The van der Waals surface area contributed by atoms with E-state index in [-0.39, 0.29) is 10.5 Å². The molecule has 27 heavy (non-hydrogen) atoms. The standard InChI is InChI=1S/C19H22N2O5S/c1-25-16-8-6-15(7-9-16)20-27(23,24)18-13-14(19(22)26-2)5-10-17(18)21-11-3-4-12-21/h5-10,13,20H,3-4,11-12H2,1-2H3. The summed E-state index contributed by atoms with van der Waals surface area (Å²) in [5.41, 5.74) is 1.18. The molecule has 1 heterocycles. The number of ether oxygens (including phenoxy) is 2. The van der Waals surface area contributed by atoms with Gasteiger partial charge < -0.3 is 14.4 Å². The van der Waals surface area contributed by atoms with Gasteiger partial charge in [-0.05, 0) is 55.3 Å². The van der Waals surface area contributed by atoms with Crippen molar-refractivity contribution in [3.05, 3.63) is 48.0 Å². The van der Waals surface area contributed by atoms with Crippen LogP contribution < -0.4 is 14.4 Å². The van der Waals surface area contributed by atoms with Crippen molar-refractivity contribution in [2.24, 2.45) is 0 Å². The summed E-state index contributed by atoms with van der Waals surface area (Å²) in [5, 5.41) is 0. The van der Waals surface area contributed by atoms with Crippen LogP contribution in [0.15, 0.2) is 47.4 Å². The Labute approximate surface area is 158 Å². The highest BCUT2D eigenvalue weighted by molar-refractivity contribution is 7.92. The molecule has 1 fully saturated rings. The maximum absolute atomic E-state index is 13.1. The normalized spacial score (nSPS) is 14.1. The Bertz CT molecular complexity index is 920. The lowest BCUT2D eigenvalue weighted by Gasteiger charge is -2.22. The third-order valence-electron chi connectivity index (χ3n) is 4.46. The summed E-state index contributed by atoms with van der Waals surface area (Å²) in [6.45, 7) is 1.56. The number of esters is 1. The predicted molar refractivity (Wildman–Crippen MR) is 103 cm³/mol. The van der Waals surface area contributed by atoms with E-state index < -0.39 is 16.0 Å². The summed E-state index contributed by atoms with van der Waals surface area (Å²) in [6.07, 6.45) is 2.01. The van der Waals surface area contributed by atoms with Crippen molar-refractivity contribution in [3.8, 4) is 5.75 Å². The van der Waals surface area contributed by atoms with Gasteiger partial charge in [-0.2, -0.15) is 0 Å². The number of hydrogen-bond donors (Lipinski definition) is 1. The molecule has 1 aliphatic heterocycles. The Morgan fingerprint density at radius 3 is 2.30 bits per heavy atom. The molecular weight excluding hydrogens is 368 g/mol. The van der Waals surface area contributed by atoms with E-state index in [4.69, 9.17) is 9.47 Å². The number of benzene rings is 2. The number of hydrogen-bond acceptors (Lipinski definition) is 6. The highest BCUT2D eigenvalue weighted by Gasteiger charge is 2.25. The predicted octanol–water partition coefficient (Wildman–Crippen LogP) is 2.88. The van der Waals surface area contributed by atoms with Crippen LogP contribution in [0, 0.1) is 0 Å². The number of rotatable bonds is 6. The van der Waals surface area contributed by atoms with Gasteiger partial charge in [0.15, 0.2) is 0 Å². The number of nitrogens with one attached hydrogen (secondary N) is 1. The minimum Gasteiger partial charge on any atom is -0.497 e. The molecule has 144 valence electrons. The minimum atomic E-state index is -3.91. The first-order valence-electron chi connectivity index (χ1n) is 8.59. The van der Waals surface area contributed by atoms with Crippen LogP contribution in [-0.4, -0.2) is 41.7 Å². The largest absolute Gasteiger partial charge is 0.497 e. The number of anilines is 2. The number of carbonyl (C=O) groups excluding carboxylic acids is 1. The van der Waals surface area contributed by atoms with Crippen LogP contribution in [0.5, 0.6) is 5.75 Å². The molecule has 1 N–H and O–H groups in total. The fourth-order valence-electron chi connectivity index (χ4n) is 3.06. The Morgan fingerprint density at radius 1 is 1.04 bits per heavy atom. The van der Waals surface area contributed by atoms with Crippen LogP contribution in [-0.2, 0) is 14.8 Å². The zero-order valence-electron chi connectivity index (χ0n) is 15.3. The summed E-state index contributed by atoms with van der Waals surface area (Å²) in [6, 6.07) is 11.2. The molecule has 0 saturated carbocycles. The van der Waals surface area contributed by atoms with Crippen LogP contribution in [0.1, 0.15) is 23.2 Å². The zero-order valence-corrected chi connectivity index (χ0v) is 16.1. The number of carbonyl (C=O) groups is 1. The van der Waals surface area contributed by atoms with Gasteiger partial charge in [0.1, 0.15) is 10.6 Å². The summed E-state index contributed by atoms with van der Waals surface area (Å²) >= 11 is 0. The average molecular weight is 390 g/mol. The van der Waals surface area contributed by atoms with Crippen molar-refractivity contribution in [2.75, 3.05) is 36.9 Å². The molecule has 0 atom stereocenters.